The third-order valence-corrected chi connectivity index (χ3v) is 1.73. The van der Waals surface area contributed by atoms with E-state index in [0.29, 0.717) is 6.42 Å². The minimum atomic E-state index is -0.899. The van der Waals surface area contributed by atoms with Crippen LogP contribution in [0.15, 0.2) is 0 Å². The molecule has 0 aliphatic rings. The van der Waals surface area contributed by atoms with Crippen LogP contribution in [0, 0.1) is 0 Å². The van der Waals surface area contributed by atoms with Crippen LogP contribution in [0.3, 0.4) is 0 Å². The Balaban J connectivity index is 3.38. The van der Waals surface area contributed by atoms with Gasteiger partial charge in [0.25, 0.3) is 0 Å². The molecule has 0 saturated heterocycles. The number of aliphatic hydroxyl groups is 2. The summed E-state index contributed by atoms with van der Waals surface area (Å²) < 4.78 is 0. The van der Waals surface area contributed by atoms with E-state index in [0.717, 1.165) is 19.3 Å². The zero-order valence-electron chi connectivity index (χ0n) is 7.43. The van der Waals surface area contributed by atoms with Crippen LogP contribution < -0.4 is 5.32 Å². The van der Waals surface area contributed by atoms with Gasteiger partial charge in [-0.15, -0.1) is 0 Å². The van der Waals surface area contributed by atoms with Crippen molar-refractivity contribution in [3.8, 4) is 0 Å². The highest BCUT2D eigenvalue weighted by molar-refractivity contribution is 4.66. The molecular formula is C8H19NO2. The smallest absolute Gasteiger partial charge is 0.114 e. The van der Waals surface area contributed by atoms with Crippen LogP contribution in [-0.2, 0) is 0 Å². The third kappa shape index (κ3) is 6.28. The Kier molecular flexibility index (Phi) is 5.46. The average molecular weight is 161 g/mol. The van der Waals surface area contributed by atoms with E-state index in [4.69, 9.17) is 5.11 Å². The first-order valence-electron chi connectivity index (χ1n) is 4.20. The molecule has 11 heavy (non-hydrogen) atoms. The van der Waals surface area contributed by atoms with Gasteiger partial charge in [0.05, 0.1) is 6.73 Å². The molecule has 0 saturated carbocycles. The second kappa shape index (κ2) is 5.52. The van der Waals surface area contributed by atoms with E-state index in [1.807, 2.05) is 0 Å². The lowest BCUT2D eigenvalue weighted by molar-refractivity contribution is -0.00834. The summed E-state index contributed by atoms with van der Waals surface area (Å²) in [6, 6.07) is 0. The molecule has 0 aliphatic carbocycles. The first kappa shape index (κ1) is 10.9. The van der Waals surface area contributed by atoms with Crippen molar-refractivity contribution in [3.63, 3.8) is 0 Å². The van der Waals surface area contributed by atoms with Crippen LogP contribution in [0.5, 0.6) is 0 Å². The second-order valence-electron chi connectivity index (χ2n) is 3.07. The molecule has 3 nitrogen and oxygen atoms in total. The molecule has 0 aromatic carbocycles. The van der Waals surface area contributed by atoms with E-state index in [1.54, 1.807) is 6.92 Å². The molecule has 0 aromatic heterocycles. The Bertz CT molecular complexity index is 94.1. The molecule has 1 unspecified atom stereocenters. The van der Waals surface area contributed by atoms with Gasteiger partial charge in [0.15, 0.2) is 0 Å². The molecule has 0 aromatic rings. The van der Waals surface area contributed by atoms with Crippen LogP contribution in [0.25, 0.3) is 0 Å². The Morgan fingerprint density at radius 1 is 1.36 bits per heavy atom. The van der Waals surface area contributed by atoms with Gasteiger partial charge < -0.3 is 10.2 Å². The number of rotatable bonds is 6. The Morgan fingerprint density at radius 3 is 2.45 bits per heavy atom. The number of unbranched alkanes of at least 4 members (excludes halogenated alkanes) is 2. The van der Waals surface area contributed by atoms with Crippen molar-refractivity contribution < 1.29 is 10.2 Å². The predicted octanol–water partition coefficient (Wildman–Crippen LogP) is 0.815. The predicted molar refractivity (Wildman–Crippen MR) is 45.0 cm³/mol. The van der Waals surface area contributed by atoms with Gasteiger partial charge >= 0.3 is 0 Å². The summed E-state index contributed by atoms with van der Waals surface area (Å²) in [5.41, 5.74) is -0.899. The van der Waals surface area contributed by atoms with Gasteiger partial charge in [-0.2, -0.15) is 0 Å². The highest BCUT2D eigenvalue weighted by Crippen LogP contribution is 2.10. The van der Waals surface area contributed by atoms with E-state index in [9.17, 15) is 5.11 Å². The molecule has 0 amide bonds. The second-order valence-corrected chi connectivity index (χ2v) is 3.07. The fourth-order valence-corrected chi connectivity index (χ4v) is 0.978. The molecule has 0 bridgehead atoms. The number of hydrogen-bond acceptors (Lipinski definition) is 3. The van der Waals surface area contributed by atoms with Crippen LogP contribution in [0.1, 0.15) is 39.5 Å². The van der Waals surface area contributed by atoms with E-state index in [2.05, 4.69) is 12.2 Å². The first-order valence-corrected chi connectivity index (χ1v) is 4.20. The molecule has 0 heterocycles. The molecule has 0 fully saturated rings. The van der Waals surface area contributed by atoms with E-state index < -0.39 is 5.72 Å². The van der Waals surface area contributed by atoms with Crippen molar-refractivity contribution >= 4 is 0 Å². The van der Waals surface area contributed by atoms with E-state index in [1.165, 1.54) is 0 Å². The van der Waals surface area contributed by atoms with E-state index in [-0.39, 0.29) is 6.73 Å². The molecule has 0 radical (unpaired) electrons. The molecule has 1 atom stereocenters. The molecule has 0 rings (SSSR count). The normalized spacial score (nSPS) is 16.4. The van der Waals surface area contributed by atoms with Gasteiger partial charge in [0.1, 0.15) is 5.72 Å². The lowest BCUT2D eigenvalue weighted by atomic mass is 10.1. The Morgan fingerprint density at radius 2 is 2.00 bits per heavy atom. The minimum absolute atomic E-state index is 0.168. The summed E-state index contributed by atoms with van der Waals surface area (Å²) in [5.74, 6) is 0. The maximum atomic E-state index is 9.47. The standard InChI is InChI=1S/C8H19NO2/c1-3-4-5-6-8(2,11)9-7-10/h9-11H,3-7H2,1-2H3. The van der Waals surface area contributed by atoms with Crippen molar-refractivity contribution in [3.05, 3.63) is 0 Å². The number of hydrogen-bond donors (Lipinski definition) is 3. The maximum absolute atomic E-state index is 9.47. The summed E-state index contributed by atoms with van der Waals surface area (Å²) >= 11 is 0. The van der Waals surface area contributed by atoms with E-state index >= 15 is 0 Å². The topological polar surface area (TPSA) is 52.5 Å². The quantitative estimate of drug-likeness (QED) is 0.399. The summed E-state index contributed by atoms with van der Waals surface area (Å²) in [6.07, 6.45) is 3.97. The van der Waals surface area contributed by atoms with Gasteiger partial charge in [-0.05, 0) is 19.8 Å². The highest BCUT2D eigenvalue weighted by atomic mass is 16.3. The molecule has 3 heteroatoms. The number of nitrogens with one attached hydrogen (secondary N) is 1. The zero-order chi connectivity index (χ0) is 8.74. The Labute approximate surface area is 68.4 Å². The van der Waals surface area contributed by atoms with Crippen LogP contribution in [0.2, 0.25) is 0 Å². The average Bonchev–Trinajstić information content (AvgIpc) is 1.87. The van der Waals surface area contributed by atoms with Crippen molar-refractivity contribution in [1.82, 2.24) is 5.32 Å². The molecular weight excluding hydrogens is 142 g/mol. The van der Waals surface area contributed by atoms with Crippen LogP contribution >= 0.6 is 0 Å². The largest absolute Gasteiger partial charge is 0.381 e. The van der Waals surface area contributed by atoms with Gasteiger partial charge in [0, 0.05) is 0 Å². The van der Waals surface area contributed by atoms with Gasteiger partial charge in [0.2, 0.25) is 0 Å². The summed E-state index contributed by atoms with van der Waals surface area (Å²) in [5, 5.41) is 20.5. The molecule has 0 spiro atoms. The van der Waals surface area contributed by atoms with Crippen LogP contribution in [-0.4, -0.2) is 22.7 Å². The van der Waals surface area contributed by atoms with Crippen LogP contribution in [0.4, 0.5) is 0 Å². The van der Waals surface area contributed by atoms with Crippen molar-refractivity contribution in [2.24, 2.45) is 0 Å². The van der Waals surface area contributed by atoms with Gasteiger partial charge in [-0.3, -0.25) is 5.32 Å². The monoisotopic (exact) mass is 161 g/mol. The first-order chi connectivity index (χ1) is 5.12. The minimum Gasteiger partial charge on any atom is -0.381 e. The summed E-state index contributed by atoms with van der Waals surface area (Å²) in [4.78, 5) is 0. The molecule has 68 valence electrons. The lowest BCUT2D eigenvalue weighted by Gasteiger charge is -2.23. The maximum Gasteiger partial charge on any atom is 0.114 e. The third-order valence-electron chi connectivity index (χ3n) is 1.73. The zero-order valence-corrected chi connectivity index (χ0v) is 7.43. The van der Waals surface area contributed by atoms with Crippen molar-refractivity contribution in [2.45, 2.75) is 45.3 Å². The molecule has 3 N–H and O–H groups in total. The van der Waals surface area contributed by atoms with Crippen molar-refractivity contribution in [1.29, 1.82) is 0 Å². The lowest BCUT2D eigenvalue weighted by Crippen LogP contribution is -2.42. The van der Waals surface area contributed by atoms with Gasteiger partial charge in [-0.25, -0.2) is 0 Å². The fraction of sp³-hybridized carbons (Fsp3) is 1.00. The summed E-state index contributed by atoms with van der Waals surface area (Å²) in [7, 11) is 0. The fourth-order valence-electron chi connectivity index (χ4n) is 0.978. The Hall–Kier alpha value is -0.120. The molecule has 0 aliphatic heterocycles. The summed E-state index contributed by atoms with van der Waals surface area (Å²) in [6.45, 7) is 3.63. The SMILES string of the molecule is CCCCCC(C)(O)NCO. The number of aliphatic hydroxyl groups excluding tert-OH is 1. The van der Waals surface area contributed by atoms with Crippen molar-refractivity contribution in [2.75, 3.05) is 6.73 Å². The van der Waals surface area contributed by atoms with Gasteiger partial charge in [-0.1, -0.05) is 19.8 Å². The highest BCUT2D eigenvalue weighted by Gasteiger charge is 2.16.